The summed E-state index contributed by atoms with van der Waals surface area (Å²) in [6, 6.07) is 25.8. The molecule has 0 aliphatic carbocycles. The van der Waals surface area contributed by atoms with Gasteiger partial charge in [-0.3, -0.25) is 9.10 Å². The predicted octanol–water partition coefficient (Wildman–Crippen LogP) is 5.69. The summed E-state index contributed by atoms with van der Waals surface area (Å²) < 4.78 is 29.0. The molecule has 0 aliphatic rings. The van der Waals surface area contributed by atoms with Gasteiger partial charge in [-0.05, 0) is 54.4 Å². The molecule has 4 aromatic rings. The van der Waals surface area contributed by atoms with Gasteiger partial charge in [-0.1, -0.05) is 66.2 Å². The monoisotopic (exact) mass is 491 g/mol. The second-order valence-electron chi connectivity index (χ2n) is 7.60. The van der Waals surface area contributed by atoms with Gasteiger partial charge in [-0.25, -0.2) is 13.4 Å². The number of carbonyl (C=O) groups excluding carboxylic acids is 1. The van der Waals surface area contributed by atoms with Crippen LogP contribution in [0.3, 0.4) is 0 Å². The van der Waals surface area contributed by atoms with Crippen LogP contribution in [0.1, 0.15) is 21.5 Å². The summed E-state index contributed by atoms with van der Waals surface area (Å²) in [4.78, 5) is 16.9. The van der Waals surface area contributed by atoms with Gasteiger partial charge in [0.1, 0.15) is 10.7 Å². The SMILES string of the molecule is Cc1cccnc1NC(=O)c1ccc(Cl)c(S(=O)(=O)N(Cc2ccccc2)c2ccccc2)c1. The van der Waals surface area contributed by atoms with Crippen LogP contribution in [-0.2, 0) is 16.6 Å². The highest BCUT2D eigenvalue weighted by atomic mass is 35.5. The van der Waals surface area contributed by atoms with Crippen molar-refractivity contribution >= 4 is 39.0 Å². The molecule has 0 fully saturated rings. The second-order valence-corrected chi connectivity index (χ2v) is 9.84. The molecule has 0 bridgehead atoms. The molecule has 0 radical (unpaired) electrons. The number of carbonyl (C=O) groups is 1. The molecule has 0 unspecified atom stereocenters. The topological polar surface area (TPSA) is 79.4 Å². The lowest BCUT2D eigenvalue weighted by Crippen LogP contribution is -2.31. The third-order valence-corrected chi connectivity index (χ3v) is 7.47. The van der Waals surface area contributed by atoms with Gasteiger partial charge in [-0.2, -0.15) is 0 Å². The molecule has 1 aromatic heterocycles. The van der Waals surface area contributed by atoms with Crippen molar-refractivity contribution < 1.29 is 13.2 Å². The van der Waals surface area contributed by atoms with Crippen molar-refractivity contribution in [3.05, 3.63) is 119 Å². The number of hydrogen-bond acceptors (Lipinski definition) is 4. The molecule has 6 nitrogen and oxygen atoms in total. The molecule has 1 heterocycles. The van der Waals surface area contributed by atoms with E-state index in [-0.39, 0.29) is 22.0 Å². The van der Waals surface area contributed by atoms with Crippen molar-refractivity contribution in [2.45, 2.75) is 18.4 Å². The molecule has 34 heavy (non-hydrogen) atoms. The summed E-state index contributed by atoms with van der Waals surface area (Å²) in [5.41, 5.74) is 2.24. The van der Waals surface area contributed by atoms with Gasteiger partial charge < -0.3 is 5.32 Å². The number of nitrogens with zero attached hydrogens (tertiary/aromatic N) is 2. The Bertz CT molecular complexity index is 1410. The van der Waals surface area contributed by atoms with E-state index in [1.165, 1.54) is 22.5 Å². The van der Waals surface area contributed by atoms with Crippen LogP contribution < -0.4 is 9.62 Å². The highest BCUT2D eigenvalue weighted by molar-refractivity contribution is 7.93. The number of hydrogen-bond donors (Lipinski definition) is 1. The zero-order valence-corrected chi connectivity index (χ0v) is 19.9. The molecule has 1 amide bonds. The summed E-state index contributed by atoms with van der Waals surface area (Å²) in [5.74, 6) is -0.0777. The van der Waals surface area contributed by atoms with E-state index in [1.54, 1.807) is 36.5 Å². The number of para-hydroxylation sites is 1. The van der Waals surface area contributed by atoms with E-state index in [4.69, 9.17) is 11.6 Å². The quantitative estimate of drug-likeness (QED) is 0.360. The van der Waals surface area contributed by atoms with Crippen LogP contribution >= 0.6 is 11.6 Å². The van der Waals surface area contributed by atoms with E-state index in [0.717, 1.165) is 11.1 Å². The maximum absolute atomic E-state index is 13.8. The van der Waals surface area contributed by atoms with Gasteiger partial charge in [0.25, 0.3) is 15.9 Å². The first-order valence-corrected chi connectivity index (χ1v) is 12.3. The average molecular weight is 492 g/mol. The van der Waals surface area contributed by atoms with Crippen LogP contribution in [0.4, 0.5) is 11.5 Å². The first kappa shape index (κ1) is 23.5. The van der Waals surface area contributed by atoms with E-state index >= 15 is 0 Å². The fraction of sp³-hybridized carbons (Fsp3) is 0.0769. The fourth-order valence-corrected chi connectivity index (χ4v) is 5.37. The summed E-state index contributed by atoms with van der Waals surface area (Å²) >= 11 is 6.36. The molecule has 0 spiro atoms. The van der Waals surface area contributed by atoms with Gasteiger partial charge in [0.2, 0.25) is 0 Å². The van der Waals surface area contributed by atoms with Gasteiger partial charge in [-0.15, -0.1) is 0 Å². The number of anilines is 2. The molecule has 1 N–H and O–H groups in total. The lowest BCUT2D eigenvalue weighted by atomic mass is 10.2. The number of benzene rings is 3. The van der Waals surface area contributed by atoms with Crippen molar-refractivity contribution in [2.75, 3.05) is 9.62 Å². The third-order valence-electron chi connectivity index (χ3n) is 5.22. The van der Waals surface area contributed by atoms with Crippen LogP contribution in [-0.4, -0.2) is 19.3 Å². The van der Waals surface area contributed by atoms with Crippen LogP contribution in [0.2, 0.25) is 5.02 Å². The van der Waals surface area contributed by atoms with Crippen molar-refractivity contribution in [2.24, 2.45) is 0 Å². The molecular formula is C26H22ClN3O3S. The third kappa shape index (κ3) is 5.11. The van der Waals surface area contributed by atoms with Gasteiger partial charge >= 0.3 is 0 Å². The molecule has 0 saturated carbocycles. The maximum atomic E-state index is 13.8. The minimum atomic E-state index is -4.11. The average Bonchev–Trinajstić information content (AvgIpc) is 2.85. The lowest BCUT2D eigenvalue weighted by molar-refractivity contribution is 0.102. The molecule has 4 rings (SSSR count). The normalized spacial score (nSPS) is 11.1. The Morgan fingerprint density at radius 3 is 2.29 bits per heavy atom. The first-order valence-electron chi connectivity index (χ1n) is 10.5. The standard InChI is InChI=1S/C26H22ClN3O3S/c1-19-9-8-16-28-25(19)29-26(31)21-14-15-23(27)24(17-21)34(32,33)30(22-12-6-3-7-13-22)18-20-10-4-2-5-11-20/h2-17H,18H2,1H3,(H,28,29,31). The summed E-state index contributed by atoms with van der Waals surface area (Å²) in [6.45, 7) is 1.93. The second kappa shape index (κ2) is 10.1. The van der Waals surface area contributed by atoms with Crippen LogP contribution in [0.25, 0.3) is 0 Å². The van der Waals surface area contributed by atoms with E-state index in [2.05, 4.69) is 10.3 Å². The fourth-order valence-electron chi connectivity index (χ4n) is 3.42. The highest BCUT2D eigenvalue weighted by Gasteiger charge is 2.28. The summed E-state index contributed by atoms with van der Waals surface area (Å²) in [6.07, 6.45) is 1.57. The number of sulfonamides is 1. The van der Waals surface area contributed by atoms with E-state index in [0.29, 0.717) is 11.5 Å². The lowest BCUT2D eigenvalue weighted by Gasteiger charge is -2.25. The Kier molecular flexibility index (Phi) is 6.95. The number of nitrogens with one attached hydrogen (secondary N) is 1. The van der Waals surface area contributed by atoms with Crippen molar-refractivity contribution in [3.63, 3.8) is 0 Å². The molecule has 172 valence electrons. The maximum Gasteiger partial charge on any atom is 0.266 e. The smallest absolute Gasteiger partial charge is 0.266 e. The molecule has 0 aliphatic heterocycles. The molecule has 8 heteroatoms. The number of aryl methyl sites for hydroxylation is 1. The van der Waals surface area contributed by atoms with Crippen LogP contribution in [0.15, 0.2) is 102 Å². The van der Waals surface area contributed by atoms with Gasteiger partial charge in [0.05, 0.1) is 17.3 Å². The number of aromatic nitrogens is 1. The van der Waals surface area contributed by atoms with Crippen molar-refractivity contribution in [3.8, 4) is 0 Å². The molecule has 0 atom stereocenters. The Morgan fingerprint density at radius 2 is 1.62 bits per heavy atom. The van der Waals surface area contributed by atoms with Gasteiger partial charge in [0.15, 0.2) is 0 Å². The van der Waals surface area contributed by atoms with E-state index < -0.39 is 15.9 Å². The largest absolute Gasteiger partial charge is 0.306 e. The molecule has 0 saturated heterocycles. The molecule has 3 aromatic carbocycles. The van der Waals surface area contributed by atoms with Crippen LogP contribution in [0, 0.1) is 6.92 Å². The summed E-state index contributed by atoms with van der Waals surface area (Å²) in [5, 5.41) is 2.75. The minimum absolute atomic E-state index is 0.0274. The number of pyridine rings is 1. The Hall–Kier alpha value is -3.68. The van der Waals surface area contributed by atoms with Crippen molar-refractivity contribution in [1.29, 1.82) is 0 Å². The number of amides is 1. The summed E-state index contributed by atoms with van der Waals surface area (Å²) in [7, 11) is -4.11. The predicted molar refractivity (Wildman–Crippen MR) is 135 cm³/mol. The first-order chi connectivity index (χ1) is 16.4. The number of halogens is 1. The zero-order chi connectivity index (χ0) is 24.1. The number of rotatable bonds is 7. The highest BCUT2D eigenvalue weighted by Crippen LogP contribution is 2.31. The van der Waals surface area contributed by atoms with Gasteiger partial charge in [0, 0.05) is 11.8 Å². The minimum Gasteiger partial charge on any atom is -0.306 e. The Balaban J connectivity index is 1.73. The van der Waals surface area contributed by atoms with E-state index in [9.17, 15) is 13.2 Å². The molecular weight excluding hydrogens is 470 g/mol. The van der Waals surface area contributed by atoms with Crippen molar-refractivity contribution in [1.82, 2.24) is 4.98 Å². The van der Waals surface area contributed by atoms with Crippen LogP contribution in [0.5, 0.6) is 0 Å². The Labute approximate surface area is 203 Å². The Morgan fingerprint density at radius 1 is 0.941 bits per heavy atom. The zero-order valence-electron chi connectivity index (χ0n) is 18.4. The van der Waals surface area contributed by atoms with E-state index in [1.807, 2.05) is 49.4 Å².